The summed E-state index contributed by atoms with van der Waals surface area (Å²) in [6.45, 7) is 8.60. The number of nitrogens with zero attached hydrogens (tertiary/aromatic N) is 2. The van der Waals surface area contributed by atoms with Crippen LogP contribution in [0, 0.1) is 22.0 Å². The molecule has 1 aliphatic heterocycles. The molecule has 2 N–H and O–H groups in total. The van der Waals surface area contributed by atoms with Gasteiger partial charge in [0.05, 0.1) is 31.1 Å². The molecule has 0 spiro atoms. The molecule has 1 aromatic carbocycles. The number of piperazine rings is 1. The van der Waals surface area contributed by atoms with Crippen molar-refractivity contribution in [2.45, 2.75) is 39.2 Å². The second kappa shape index (κ2) is 8.69. The lowest BCUT2D eigenvalue weighted by Gasteiger charge is -2.36. The van der Waals surface area contributed by atoms with Gasteiger partial charge in [-0.1, -0.05) is 26.7 Å². The van der Waals surface area contributed by atoms with E-state index in [9.17, 15) is 14.9 Å². The predicted octanol–water partition coefficient (Wildman–Crippen LogP) is 1.24. The summed E-state index contributed by atoms with van der Waals surface area (Å²) in [6.07, 6.45) is 3.57. The van der Waals surface area contributed by atoms with Crippen LogP contribution in [0.25, 0.3) is 0 Å². The largest absolute Gasteiger partial charge is 0.360 e. The molecule has 1 saturated heterocycles. The van der Waals surface area contributed by atoms with Crippen molar-refractivity contribution in [2.24, 2.45) is 11.8 Å². The molecule has 0 aromatic heterocycles. The molecule has 1 amide bonds. The molecule has 1 aliphatic carbocycles. The molecule has 1 saturated carbocycles. The zero-order valence-corrected chi connectivity index (χ0v) is 16.3. The Morgan fingerprint density at radius 1 is 1.22 bits per heavy atom. The summed E-state index contributed by atoms with van der Waals surface area (Å²) in [4.78, 5) is 26.4. The Labute approximate surface area is 160 Å². The highest BCUT2D eigenvalue weighted by atomic mass is 16.6. The van der Waals surface area contributed by atoms with Gasteiger partial charge in [-0.05, 0) is 30.4 Å². The molecule has 1 heterocycles. The second-order valence-electron chi connectivity index (χ2n) is 8.13. The first kappa shape index (κ1) is 19.6. The van der Waals surface area contributed by atoms with Crippen LogP contribution in [-0.2, 0) is 4.79 Å². The quantitative estimate of drug-likeness (QED) is 0.599. The monoisotopic (exact) mass is 375 g/mol. The number of benzene rings is 1. The highest BCUT2D eigenvalue weighted by molar-refractivity contribution is 5.77. The first-order valence-electron chi connectivity index (χ1n) is 10.1. The van der Waals surface area contributed by atoms with Gasteiger partial charge in [0.15, 0.2) is 6.54 Å². The van der Waals surface area contributed by atoms with Crippen molar-refractivity contribution >= 4 is 17.3 Å². The lowest BCUT2D eigenvalue weighted by atomic mass is 9.78. The van der Waals surface area contributed by atoms with E-state index >= 15 is 0 Å². The first-order chi connectivity index (χ1) is 12.9. The summed E-state index contributed by atoms with van der Waals surface area (Å²) in [6, 6.07) is 7.04. The summed E-state index contributed by atoms with van der Waals surface area (Å²) in [5.41, 5.74) is 1.13. The summed E-state index contributed by atoms with van der Waals surface area (Å²) < 4.78 is 0. The molecule has 2 aliphatic rings. The average Bonchev–Trinajstić information content (AvgIpc) is 2.66. The minimum absolute atomic E-state index is 0.117. The second-order valence-corrected chi connectivity index (χ2v) is 8.13. The predicted molar refractivity (Wildman–Crippen MR) is 105 cm³/mol. The van der Waals surface area contributed by atoms with E-state index in [0.717, 1.165) is 38.3 Å². The molecule has 1 aromatic rings. The summed E-state index contributed by atoms with van der Waals surface area (Å²) >= 11 is 0. The summed E-state index contributed by atoms with van der Waals surface area (Å²) in [7, 11) is 0. The maximum absolute atomic E-state index is 12.5. The fraction of sp³-hybridized carbons (Fsp3) is 0.650. The van der Waals surface area contributed by atoms with Gasteiger partial charge in [-0.2, -0.15) is 0 Å². The van der Waals surface area contributed by atoms with E-state index in [-0.39, 0.29) is 16.5 Å². The summed E-state index contributed by atoms with van der Waals surface area (Å²) in [5, 5.41) is 14.0. The van der Waals surface area contributed by atoms with E-state index in [1.807, 2.05) is 12.1 Å². The van der Waals surface area contributed by atoms with Crippen molar-refractivity contribution < 1.29 is 14.6 Å². The van der Waals surface area contributed by atoms with Crippen LogP contribution in [0.3, 0.4) is 0 Å². The van der Waals surface area contributed by atoms with Crippen LogP contribution in [0.1, 0.15) is 33.1 Å². The van der Waals surface area contributed by atoms with Crippen molar-refractivity contribution in [3.05, 3.63) is 34.4 Å². The minimum atomic E-state index is -0.377. The number of anilines is 1. The number of nitro groups is 1. The molecule has 0 unspecified atom stereocenters. The Hall–Kier alpha value is -2.15. The van der Waals surface area contributed by atoms with Crippen molar-refractivity contribution in [2.75, 3.05) is 37.6 Å². The Kier molecular flexibility index (Phi) is 6.31. The van der Waals surface area contributed by atoms with Gasteiger partial charge in [0, 0.05) is 23.9 Å². The van der Waals surface area contributed by atoms with E-state index in [4.69, 9.17) is 0 Å². The number of nitrogens with one attached hydrogen (secondary N) is 2. The number of hydrogen-bond acceptors (Lipinski definition) is 4. The van der Waals surface area contributed by atoms with Gasteiger partial charge in [-0.25, -0.2) is 0 Å². The van der Waals surface area contributed by atoms with Crippen molar-refractivity contribution in [1.29, 1.82) is 0 Å². The molecule has 27 heavy (non-hydrogen) atoms. The number of carbonyl (C=O) groups is 1. The van der Waals surface area contributed by atoms with Crippen LogP contribution in [0.5, 0.6) is 0 Å². The molecule has 7 nitrogen and oxygen atoms in total. The van der Waals surface area contributed by atoms with E-state index in [1.54, 1.807) is 12.1 Å². The zero-order chi connectivity index (χ0) is 19.4. The number of quaternary nitrogens is 1. The molecule has 148 valence electrons. The Morgan fingerprint density at radius 3 is 2.52 bits per heavy atom. The number of non-ortho nitro benzene ring substituents is 1. The van der Waals surface area contributed by atoms with Gasteiger partial charge in [0.1, 0.15) is 0 Å². The number of amides is 1. The third kappa shape index (κ3) is 4.97. The van der Waals surface area contributed by atoms with Crippen molar-refractivity contribution in [1.82, 2.24) is 5.32 Å². The molecule has 0 bridgehead atoms. The van der Waals surface area contributed by atoms with Gasteiger partial charge < -0.3 is 15.1 Å². The van der Waals surface area contributed by atoms with Gasteiger partial charge in [-0.15, -0.1) is 0 Å². The average molecular weight is 375 g/mol. The third-order valence-corrected chi connectivity index (χ3v) is 6.36. The smallest absolute Gasteiger partial charge is 0.275 e. The number of nitro benzene ring substituents is 1. The Bertz CT molecular complexity index is 656. The Morgan fingerprint density at radius 2 is 1.89 bits per heavy atom. The molecular weight excluding hydrogens is 344 g/mol. The fourth-order valence-corrected chi connectivity index (χ4v) is 4.31. The molecule has 7 heteroatoms. The van der Waals surface area contributed by atoms with Crippen LogP contribution in [0.2, 0.25) is 0 Å². The molecule has 2 fully saturated rings. The molecule has 3 rings (SSSR count). The zero-order valence-electron chi connectivity index (χ0n) is 16.3. The topological polar surface area (TPSA) is 79.9 Å². The lowest BCUT2D eigenvalue weighted by Crippen LogP contribution is -3.16. The third-order valence-electron chi connectivity index (χ3n) is 6.36. The van der Waals surface area contributed by atoms with Crippen LogP contribution < -0.4 is 15.1 Å². The maximum Gasteiger partial charge on any atom is 0.275 e. The van der Waals surface area contributed by atoms with Gasteiger partial charge in [0.2, 0.25) is 0 Å². The van der Waals surface area contributed by atoms with Crippen LogP contribution >= 0.6 is 0 Å². The van der Waals surface area contributed by atoms with Crippen molar-refractivity contribution in [3.63, 3.8) is 0 Å². The fourth-order valence-electron chi connectivity index (χ4n) is 4.31. The number of carbonyl (C=O) groups excluding carboxylic acids is 1. The molecule has 0 radical (unpaired) electrons. The Balaban J connectivity index is 1.45. The van der Waals surface area contributed by atoms with E-state index in [0.29, 0.717) is 24.4 Å². The van der Waals surface area contributed by atoms with Crippen LogP contribution in [0.4, 0.5) is 11.4 Å². The van der Waals surface area contributed by atoms with Gasteiger partial charge in [0.25, 0.3) is 11.6 Å². The minimum Gasteiger partial charge on any atom is -0.360 e. The van der Waals surface area contributed by atoms with E-state index in [2.05, 4.69) is 24.1 Å². The van der Waals surface area contributed by atoms with Gasteiger partial charge in [-0.3, -0.25) is 14.9 Å². The highest BCUT2D eigenvalue weighted by Gasteiger charge is 2.29. The van der Waals surface area contributed by atoms with E-state index < -0.39 is 0 Å². The maximum atomic E-state index is 12.5. The SMILES string of the molecule is C[C@@H]1[C@H](C)CCC[C@@H]1NC(=O)C[NH+]1CCN(c2ccc([N+](=O)[O-])cc2)CC1. The van der Waals surface area contributed by atoms with Crippen molar-refractivity contribution in [3.8, 4) is 0 Å². The standard InChI is InChI=1S/C20H30N4O3/c1-15-4-3-5-19(16(15)2)21-20(25)14-22-10-12-23(13-11-22)17-6-8-18(9-7-17)24(26)27/h6-9,15-16,19H,3-5,10-14H2,1-2H3,(H,21,25)/p+1/t15-,16-,19+/m1/s1. The summed E-state index contributed by atoms with van der Waals surface area (Å²) in [5.74, 6) is 1.40. The molecular formula is C20H31N4O3+. The molecule has 3 atom stereocenters. The normalized spacial score (nSPS) is 26.6. The first-order valence-corrected chi connectivity index (χ1v) is 10.1. The number of hydrogen-bond donors (Lipinski definition) is 2. The highest BCUT2D eigenvalue weighted by Crippen LogP contribution is 2.29. The number of rotatable bonds is 5. The van der Waals surface area contributed by atoms with E-state index in [1.165, 1.54) is 17.7 Å². The lowest BCUT2D eigenvalue weighted by molar-refractivity contribution is -0.892. The van der Waals surface area contributed by atoms with Gasteiger partial charge >= 0.3 is 0 Å². The van der Waals surface area contributed by atoms with Crippen LogP contribution in [-0.4, -0.2) is 49.6 Å². The van der Waals surface area contributed by atoms with Crippen LogP contribution in [0.15, 0.2) is 24.3 Å².